The second-order valence-electron chi connectivity index (χ2n) is 6.42. The quantitative estimate of drug-likeness (QED) is 0.487. The third kappa shape index (κ3) is 5.78. The minimum Gasteiger partial charge on any atom is -0.423 e. The van der Waals surface area contributed by atoms with Crippen molar-refractivity contribution in [3.05, 3.63) is 24.3 Å². The van der Waals surface area contributed by atoms with E-state index in [1.165, 1.54) is 0 Å². The topological polar surface area (TPSA) is 95.9 Å². The third-order valence-electron chi connectivity index (χ3n) is 3.82. The third-order valence-corrected chi connectivity index (χ3v) is 3.82. The van der Waals surface area contributed by atoms with Crippen molar-refractivity contribution < 1.29 is 24.4 Å². The number of anilines is 1. The van der Waals surface area contributed by atoms with Gasteiger partial charge in [-0.3, -0.25) is 4.79 Å². The monoisotopic (exact) mass is 321 g/mol. The first-order valence-electron chi connectivity index (χ1n) is 7.48. The molecule has 7 heteroatoms. The molecule has 1 aromatic carbocycles. The molecule has 0 aliphatic carbocycles. The van der Waals surface area contributed by atoms with Crippen molar-refractivity contribution in [2.45, 2.75) is 51.7 Å². The Kier molecular flexibility index (Phi) is 6.50. The number of aliphatic hydroxyl groups is 1. The molecular weight excluding hydrogens is 297 g/mol. The molecule has 0 aliphatic rings. The van der Waals surface area contributed by atoms with Crippen LogP contribution in [0.2, 0.25) is 0 Å². The lowest BCUT2D eigenvalue weighted by molar-refractivity contribution is -0.118. The second kappa shape index (κ2) is 7.72. The number of amides is 1. The zero-order valence-corrected chi connectivity index (χ0v) is 14.0. The van der Waals surface area contributed by atoms with Crippen LogP contribution in [0.5, 0.6) is 0 Å². The van der Waals surface area contributed by atoms with Crippen molar-refractivity contribution in [3.63, 3.8) is 0 Å². The van der Waals surface area contributed by atoms with E-state index in [2.05, 4.69) is 5.32 Å². The molecule has 0 radical (unpaired) electrons. The van der Waals surface area contributed by atoms with Crippen molar-refractivity contribution in [3.8, 4) is 0 Å². The minimum absolute atomic E-state index is 0.110. The summed E-state index contributed by atoms with van der Waals surface area (Å²) in [6.45, 7) is 6.56. The number of rotatable bonds is 8. The molecule has 126 valence electrons. The van der Waals surface area contributed by atoms with Crippen molar-refractivity contribution in [2.24, 2.45) is 0 Å². The summed E-state index contributed by atoms with van der Waals surface area (Å²) in [5, 5.41) is 23.0. The highest BCUT2D eigenvalue weighted by molar-refractivity contribution is 6.60. The van der Waals surface area contributed by atoms with Gasteiger partial charge in [-0.15, -0.1) is 0 Å². The molecule has 1 amide bonds. The Morgan fingerprint density at radius 2 is 2.00 bits per heavy atom. The van der Waals surface area contributed by atoms with Crippen molar-refractivity contribution >= 4 is 30.5 Å². The lowest BCUT2D eigenvalue weighted by Gasteiger charge is -2.38. The van der Waals surface area contributed by atoms with Gasteiger partial charge in [0.15, 0.2) is 0 Å². The van der Waals surface area contributed by atoms with Gasteiger partial charge in [-0.05, 0) is 45.3 Å². The molecule has 0 aliphatic heterocycles. The molecule has 0 heterocycles. The maximum atomic E-state index is 11.6. The second-order valence-corrected chi connectivity index (χ2v) is 6.42. The Hall–Kier alpha value is -1.70. The van der Waals surface area contributed by atoms with Crippen LogP contribution in [0.3, 0.4) is 0 Å². The Bertz CT molecular complexity index is 554. The first-order valence-corrected chi connectivity index (χ1v) is 7.48. The lowest BCUT2D eigenvalue weighted by Crippen LogP contribution is -2.53. The number of hydrogen-bond acceptors (Lipinski definition) is 5. The zero-order valence-electron chi connectivity index (χ0n) is 14.0. The van der Waals surface area contributed by atoms with Crippen molar-refractivity contribution in [1.82, 2.24) is 0 Å². The highest BCUT2D eigenvalue weighted by Crippen LogP contribution is 2.25. The molecule has 0 unspecified atom stereocenters. The molecule has 3 N–H and O–H groups in total. The fourth-order valence-electron chi connectivity index (χ4n) is 1.67. The molecule has 0 spiro atoms. The lowest BCUT2D eigenvalue weighted by atomic mass is 9.76. The highest BCUT2D eigenvalue weighted by atomic mass is 16.5. The number of nitrogens with one attached hydrogen (secondary N) is 1. The van der Waals surface area contributed by atoms with Gasteiger partial charge in [-0.25, -0.2) is 0 Å². The van der Waals surface area contributed by atoms with Crippen LogP contribution in [-0.4, -0.2) is 40.6 Å². The minimum atomic E-state index is -1.25. The van der Waals surface area contributed by atoms with E-state index in [4.69, 9.17) is 4.65 Å². The molecule has 23 heavy (non-hydrogen) atoms. The fourth-order valence-corrected chi connectivity index (χ4v) is 1.67. The first-order chi connectivity index (χ1) is 10.6. The Labute approximate surface area is 137 Å². The van der Waals surface area contributed by atoms with Gasteiger partial charge in [-0.1, -0.05) is 12.1 Å². The molecule has 1 aromatic rings. The van der Waals surface area contributed by atoms with Gasteiger partial charge in [0.2, 0.25) is 5.91 Å². The molecule has 0 aromatic heterocycles. The summed E-state index contributed by atoms with van der Waals surface area (Å²) in [5.74, 6) is -0.276. The smallest absolute Gasteiger partial charge is 0.423 e. The predicted molar refractivity (Wildman–Crippen MR) is 89.4 cm³/mol. The van der Waals surface area contributed by atoms with Crippen LogP contribution in [0, 0.1) is 0 Å². The largest absolute Gasteiger partial charge is 0.491 e. The number of benzene rings is 1. The van der Waals surface area contributed by atoms with E-state index in [1.54, 1.807) is 52.0 Å². The molecule has 6 nitrogen and oxygen atoms in total. The highest BCUT2D eigenvalue weighted by Gasteiger charge is 2.39. The molecule has 0 atom stereocenters. The average Bonchev–Trinajstić information content (AvgIpc) is 2.43. The Balaban J connectivity index is 2.79. The van der Waals surface area contributed by atoms with Gasteiger partial charge >= 0.3 is 7.12 Å². The maximum absolute atomic E-state index is 11.6. The number of hydrogen-bond donors (Lipinski definition) is 3. The van der Waals surface area contributed by atoms with Crippen LogP contribution in [-0.2, 0) is 14.2 Å². The summed E-state index contributed by atoms with van der Waals surface area (Å²) >= 11 is 0. The summed E-state index contributed by atoms with van der Waals surface area (Å²) < 4.78 is 5.56. The van der Waals surface area contributed by atoms with Gasteiger partial charge in [0, 0.05) is 18.5 Å². The van der Waals surface area contributed by atoms with Crippen LogP contribution in [0.15, 0.2) is 24.3 Å². The summed E-state index contributed by atoms with van der Waals surface area (Å²) in [7, 11) is -1.25. The molecule has 1 rings (SSSR count). The SMILES string of the molecule is CC(C)(O)C(C)(C)OB(O)c1cccc(NC(=O)CCC=O)c1. The summed E-state index contributed by atoms with van der Waals surface area (Å²) in [4.78, 5) is 21.9. The molecule has 0 saturated heterocycles. The predicted octanol–water partition coefficient (Wildman–Crippen LogP) is 0.858. The molecule has 0 fully saturated rings. The Morgan fingerprint density at radius 1 is 1.35 bits per heavy atom. The fraction of sp³-hybridized carbons (Fsp3) is 0.500. The number of carbonyl (C=O) groups excluding carboxylic acids is 2. The van der Waals surface area contributed by atoms with Crippen molar-refractivity contribution in [2.75, 3.05) is 5.32 Å². The van der Waals surface area contributed by atoms with Crippen LogP contribution in [0.25, 0.3) is 0 Å². The standard InChI is InChI=1S/C16H24BNO5/c1-15(2,21)16(3,4)23-17(22)12-7-5-8-13(11-12)18-14(20)9-6-10-19/h5,7-8,10-11,21-22H,6,9H2,1-4H3,(H,18,20). The van der Waals surface area contributed by atoms with Crippen LogP contribution < -0.4 is 10.8 Å². The van der Waals surface area contributed by atoms with E-state index in [0.29, 0.717) is 17.4 Å². The first kappa shape index (κ1) is 19.4. The van der Waals surface area contributed by atoms with Gasteiger partial charge in [-0.2, -0.15) is 0 Å². The van der Waals surface area contributed by atoms with Crippen LogP contribution >= 0.6 is 0 Å². The Morgan fingerprint density at radius 3 is 2.57 bits per heavy atom. The summed E-state index contributed by atoms with van der Waals surface area (Å²) in [6.07, 6.45) is 0.960. The van der Waals surface area contributed by atoms with Gasteiger partial charge < -0.3 is 24.9 Å². The normalized spacial score (nSPS) is 11.9. The van der Waals surface area contributed by atoms with E-state index in [-0.39, 0.29) is 18.7 Å². The van der Waals surface area contributed by atoms with Crippen molar-refractivity contribution in [1.29, 1.82) is 0 Å². The van der Waals surface area contributed by atoms with E-state index in [9.17, 15) is 19.7 Å². The van der Waals surface area contributed by atoms with Crippen LogP contribution in [0.4, 0.5) is 5.69 Å². The zero-order chi connectivity index (χ0) is 17.7. The van der Waals surface area contributed by atoms with Gasteiger partial charge in [0.1, 0.15) is 6.29 Å². The maximum Gasteiger partial charge on any atom is 0.491 e. The summed E-state index contributed by atoms with van der Waals surface area (Å²) in [6, 6.07) is 6.60. The van der Waals surface area contributed by atoms with Gasteiger partial charge in [0.25, 0.3) is 0 Å². The summed E-state index contributed by atoms with van der Waals surface area (Å²) in [5.41, 5.74) is -1.16. The van der Waals surface area contributed by atoms with Crippen LogP contribution in [0.1, 0.15) is 40.5 Å². The molecule has 0 saturated carbocycles. The van der Waals surface area contributed by atoms with E-state index < -0.39 is 18.3 Å². The van der Waals surface area contributed by atoms with Gasteiger partial charge in [0.05, 0.1) is 11.2 Å². The number of aldehydes is 1. The van der Waals surface area contributed by atoms with E-state index in [0.717, 1.165) is 0 Å². The molecule has 0 bridgehead atoms. The molecular formula is C16H24BNO5. The van der Waals surface area contributed by atoms with E-state index >= 15 is 0 Å². The number of carbonyl (C=O) groups is 2. The average molecular weight is 321 g/mol. The van der Waals surface area contributed by atoms with E-state index in [1.807, 2.05) is 0 Å².